The number of phenols is 8. The van der Waals surface area contributed by atoms with Gasteiger partial charge in [0, 0.05) is 24.1 Å². The van der Waals surface area contributed by atoms with E-state index in [9.17, 15) is 76.0 Å². The second-order valence-electron chi connectivity index (χ2n) is 14.1. The largest absolute Gasteiger partial charge is 0.504 e. The van der Waals surface area contributed by atoms with Crippen molar-refractivity contribution < 1.29 is 60.4 Å². The Morgan fingerprint density at radius 2 is 0.895 bits per heavy atom. The van der Waals surface area contributed by atoms with Gasteiger partial charge in [0.05, 0.1) is 31.6 Å². The highest BCUT2D eigenvalue weighted by molar-refractivity contribution is 6.04. The molecule has 25 heteroatoms. The molecule has 10 N–H and O–H groups in total. The van der Waals surface area contributed by atoms with Gasteiger partial charge in [-0.25, -0.2) is 0 Å². The fourth-order valence-corrected chi connectivity index (χ4v) is 5.56. The van der Waals surface area contributed by atoms with E-state index in [0.717, 1.165) is 48.5 Å². The van der Waals surface area contributed by atoms with Gasteiger partial charge in [-0.3, -0.25) is 35.1 Å². The maximum absolute atomic E-state index is 12.2. The lowest BCUT2D eigenvalue weighted by Crippen LogP contribution is -2.14. The van der Waals surface area contributed by atoms with Gasteiger partial charge >= 0.3 is 17.1 Å². The van der Waals surface area contributed by atoms with Crippen molar-refractivity contribution in [1.82, 2.24) is 0 Å². The minimum absolute atomic E-state index is 0. The van der Waals surface area contributed by atoms with Crippen LogP contribution in [0.3, 0.4) is 0 Å². The molecule has 4 rings (SSSR count). The zero-order valence-electron chi connectivity index (χ0n) is 38.7. The summed E-state index contributed by atoms with van der Waals surface area (Å²) in [5, 5.41) is 159. The van der Waals surface area contributed by atoms with Crippen molar-refractivity contribution >= 4 is 47.1 Å². The Morgan fingerprint density at radius 3 is 1.24 bits per heavy atom. The van der Waals surface area contributed by atoms with Crippen LogP contribution in [0, 0.1) is 129 Å². The molecule has 0 aliphatic carbocycles. The summed E-state index contributed by atoms with van der Waals surface area (Å²) in [5.41, 5.74) is 3.56. The number of nitriles is 6. The Labute approximate surface area is 431 Å². The molecule has 0 saturated carbocycles. The number of nitrogens with two attached hydrogens (primary N) is 1. The molecule has 76 heavy (non-hydrogen) atoms. The highest BCUT2D eigenvalue weighted by Crippen LogP contribution is 2.39. The second-order valence-corrected chi connectivity index (χ2v) is 14.1. The quantitative estimate of drug-likeness (QED) is 0.0124. The third-order valence-electron chi connectivity index (χ3n) is 9.31. The molecule has 0 heterocycles. The highest BCUT2D eigenvalue weighted by atomic mass is 16.6. The topological polar surface area (TPSA) is 477 Å². The number of terminal acetylenes is 2. The molecule has 0 aromatic heterocycles. The fourth-order valence-electron chi connectivity index (χ4n) is 5.56. The Bertz CT molecular complexity index is 3390. The summed E-state index contributed by atoms with van der Waals surface area (Å²) in [6, 6.07) is 20.0. The molecule has 0 saturated heterocycles. The summed E-state index contributed by atoms with van der Waals surface area (Å²) in [6.07, 6.45) is 16.1. The van der Waals surface area contributed by atoms with E-state index in [4.69, 9.17) is 50.2 Å². The number of ketones is 1. The molecule has 0 fully saturated rings. The lowest BCUT2D eigenvalue weighted by atomic mass is 9.92. The average molecular weight is 1030 g/mol. The van der Waals surface area contributed by atoms with Gasteiger partial charge in [-0.05, 0) is 95.8 Å². The second kappa shape index (κ2) is 30.3. The van der Waals surface area contributed by atoms with Crippen LogP contribution in [-0.4, -0.2) is 61.4 Å². The lowest BCUT2D eigenvalue weighted by molar-refractivity contribution is -0.386. The van der Waals surface area contributed by atoms with Gasteiger partial charge in [-0.1, -0.05) is 33.1 Å². The zero-order chi connectivity index (χ0) is 57.3. The van der Waals surface area contributed by atoms with E-state index in [-0.39, 0.29) is 63.8 Å². The molecule has 384 valence electrons. The van der Waals surface area contributed by atoms with Crippen LogP contribution >= 0.6 is 0 Å². The summed E-state index contributed by atoms with van der Waals surface area (Å²) in [4.78, 5) is 41.5. The summed E-state index contributed by atoms with van der Waals surface area (Å²) in [7, 11) is 0. The van der Waals surface area contributed by atoms with E-state index in [0.29, 0.717) is 18.4 Å². The molecule has 0 atom stereocenters. The number of rotatable bonds is 12. The van der Waals surface area contributed by atoms with Gasteiger partial charge in [0.1, 0.15) is 47.6 Å². The lowest BCUT2D eigenvalue weighted by Gasteiger charge is -2.09. The first-order chi connectivity index (χ1) is 35.4. The van der Waals surface area contributed by atoms with Crippen LogP contribution in [-0.2, 0) is 4.79 Å². The van der Waals surface area contributed by atoms with Crippen molar-refractivity contribution in [3.8, 4) is 107 Å². The van der Waals surface area contributed by atoms with Crippen LogP contribution in [0.1, 0.15) is 56.4 Å². The van der Waals surface area contributed by atoms with Crippen molar-refractivity contribution in [2.75, 3.05) is 0 Å². The summed E-state index contributed by atoms with van der Waals surface area (Å²) in [6.45, 7) is 3.66. The number of benzene rings is 4. The van der Waals surface area contributed by atoms with E-state index in [1.165, 1.54) is 30.4 Å². The first-order valence-electron chi connectivity index (χ1n) is 20.2. The average Bonchev–Trinajstić information content (AvgIpc) is 3.37. The van der Waals surface area contributed by atoms with Crippen LogP contribution in [0.15, 0.2) is 88.2 Å². The van der Waals surface area contributed by atoms with Crippen molar-refractivity contribution in [1.29, 1.82) is 31.6 Å². The molecule has 0 unspecified atom stereocenters. The number of nitro benzene ring substituents is 3. The first kappa shape index (κ1) is 63.7. The number of nitro groups is 3. The van der Waals surface area contributed by atoms with Crippen LogP contribution in [0.4, 0.5) is 17.1 Å². The standard InChI is InChI=1S/C15H16N2O5.C13H8N4O3.C11H6N2O4.C11H6N2O3.CH4/c1-3-10(4-2)14(19)11(8-16)5-9-6-12(17(21)22)15(20)13(18)7-9;14-4-8(12(17)9(5-15)6-16)1-7-2-10(18)13(20)11(19)3-7;1-2-7(6-12)3-8-4-9(13(16)17)11(15)10(14)5-8;1-2-8(7-12)5-9-3-4-10(13(15)16)11(14)6-9;/h5-7,10,18,20H,3-4H2,1-2H3;1-3,18-20H,17H2;1,3-5,14-15H;1,3-6,14H;1H4/b11-5+;8-1+;7-3-;8-5-;. The third-order valence-corrected chi connectivity index (χ3v) is 9.31. The zero-order valence-corrected chi connectivity index (χ0v) is 38.7. The number of hydrogen-bond donors (Lipinski definition) is 9. The monoisotopic (exact) mass is 1030 g/mol. The van der Waals surface area contributed by atoms with Crippen molar-refractivity contribution in [2.24, 2.45) is 11.7 Å². The Balaban J connectivity index is 0.000000990. The molecule has 4 aromatic rings. The van der Waals surface area contributed by atoms with Crippen LogP contribution in [0.25, 0.3) is 24.3 Å². The first-order valence-corrected chi connectivity index (χ1v) is 20.2. The summed E-state index contributed by atoms with van der Waals surface area (Å²) < 4.78 is 0. The molecule has 0 aliphatic heterocycles. The Kier molecular flexibility index (Phi) is 25.4. The molecule has 25 nitrogen and oxygen atoms in total. The van der Waals surface area contributed by atoms with Crippen molar-refractivity contribution in [2.45, 2.75) is 34.1 Å². The fraction of sp³-hybridized carbons (Fsp3) is 0.118. The van der Waals surface area contributed by atoms with Gasteiger partial charge in [0.15, 0.2) is 45.9 Å². The minimum Gasteiger partial charge on any atom is -0.504 e. The Morgan fingerprint density at radius 1 is 0.539 bits per heavy atom. The number of hydrogen-bond acceptors (Lipinski definition) is 22. The van der Waals surface area contributed by atoms with E-state index < -0.39 is 83.4 Å². The van der Waals surface area contributed by atoms with E-state index in [2.05, 4.69) is 11.8 Å². The van der Waals surface area contributed by atoms with Gasteiger partial charge in [0.25, 0.3) is 0 Å². The third kappa shape index (κ3) is 17.9. The molecule has 0 radical (unpaired) electrons. The SMILES string of the molecule is C.C#C/C(C#N)=C/c1cc(O)c(O)c([N+](=O)[O-])c1.C#C/C(C#N)=C/c1ccc([N+](=O)[O-])c(O)c1.CCC(CC)C(=O)/C(C#N)=C/c1cc(O)c(O)c([N+](=O)[O-])c1.N#CC(C#N)=C(N)/C(C#N)=C/c1cc(O)c(O)c(O)c1. The molecule has 0 spiro atoms. The highest BCUT2D eigenvalue weighted by Gasteiger charge is 2.22. The molecular formula is C51H40N10O15. The minimum atomic E-state index is -0.860. The molecule has 0 amide bonds. The van der Waals surface area contributed by atoms with Crippen molar-refractivity contribution in [3.05, 3.63) is 141 Å². The van der Waals surface area contributed by atoms with E-state index >= 15 is 0 Å². The maximum atomic E-state index is 12.2. The van der Waals surface area contributed by atoms with Crippen LogP contribution in [0.2, 0.25) is 0 Å². The molecule has 4 aromatic carbocycles. The van der Waals surface area contributed by atoms with Gasteiger partial charge in [-0.2, -0.15) is 31.6 Å². The predicted molar refractivity (Wildman–Crippen MR) is 269 cm³/mol. The number of phenolic OH excluding ortho intramolecular Hbond substituents is 8. The summed E-state index contributed by atoms with van der Waals surface area (Å²) in [5.74, 6) is -1.79. The number of allylic oxidation sites excluding steroid dienone is 5. The predicted octanol–water partition coefficient (Wildman–Crippen LogP) is 7.91. The van der Waals surface area contributed by atoms with Crippen molar-refractivity contribution in [3.63, 3.8) is 0 Å². The van der Waals surface area contributed by atoms with Crippen LogP contribution in [0.5, 0.6) is 46.0 Å². The van der Waals surface area contributed by atoms with E-state index in [1.807, 2.05) is 13.8 Å². The molecule has 0 aliphatic rings. The van der Waals surface area contributed by atoms with Gasteiger partial charge in [-0.15, -0.1) is 12.8 Å². The molecule has 0 bridgehead atoms. The van der Waals surface area contributed by atoms with Gasteiger partial charge in [0.2, 0.25) is 11.5 Å². The van der Waals surface area contributed by atoms with Crippen LogP contribution < -0.4 is 5.73 Å². The number of nitrogens with zero attached hydrogens (tertiary/aromatic N) is 9. The smallest absolute Gasteiger partial charge is 0.315 e. The maximum Gasteiger partial charge on any atom is 0.315 e. The molecular weight excluding hydrogens is 993 g/mol. The number of Topliss-reactive ketones (excluding diaryl/α,β-unsaturated/α-hetero) is 1. The number of carbonyl (C=O) groups excluding carboxylic acids is 1. The summed E-state index contributed by atoms with van der Waals surface area (Å²) >= 11 is 0. The Hall–Kier alpha value is -12.3. The normalized spacial score (nSPS) is 10.4. The van der Waals surface area contributed by atoms with Gasteiger partial charge < -0.3 is 46.6 Å². The number of aromatic hydroxyl groups is 8. The number of carbonyl (C=O) groups is 1. The van der Waals surface area contributed by atoms with E-state index in [1.54, 1.807) is 36.4 Å².